The van der Waals surface area contributed by atoms with Gasteiger partial charge in [-0.1, -0.05) is 0 Å². The van der Waals surface area contributed by atoms with Gasteiger partial charge in [0, 0.05) is 25.9 Å². The van der Waals surface area contributed by atoms with E-state index in [1.165, 1.54) is 0 Å². The van der Waals surface area contributed by atoms with Crippen molar-refractivity contribution in [2.75, 3.05) is 26.9 Å². The third-order valence-electron chi connectivity index (χ3n) is 4.34. The Morgan fingerprint density at radius 3 is 1.41 bits per heavy atom. The fourth-order valence-electron chi connectivity index (χ4n) is 3.73. The van der Waals surface area contributed by atoms with E-state index in [0.29, 0.717) is 0 Å². The first-order valence-corrected chi connectivity index (χ1v) is 13.3. The number of ether oxygens (including phenoxy) is 2. The van der Waals surface area contributed by atoms with Gasteiger partial charge >= 0.3 is 15.6 Å². The van der Waals surface area contributed by atoms with Gasteiger partial charge in [-0.05, 0) is 55.4 Å². The normalized spacial score (nSPS) is 17.3. The highest BCUT2D eigenvalue weighted by molar-refractivity contribution is 7.47. The average Bonchev–Trinajstić information content (AvgIpc) is 2.49. The topological polar surface area (TPSA) is 161 Å². The third-order valence-corrected chi connectivity index (χ3v) is 6.26. The van der Waals surface area contributed by atoms with Gasteiger partial charge in [-0.25, -0.2) is 9.13 Å². The molecule has 0 spiro atoms. The van der Waals surface area contributed by atoms with Crippen molar-refractivity contribution >= 4 is 15.6 Å². The fraction of sp³-hybridized carbons (Fsp3) is 1.00. The quantitative estimate of drug-likeness (QED) is 0.226. The molecule has 32 heavy (non-hydrogen) atoms. The van der Waals surface area contributed by atoms with E-state index in [1.54, 1.807) is 55.4 Å². The predicted molar refractivity (Wildman–Crippen MR) is 119 cm³/mol. The summed E-state index contributed by atoms with van der Waals surface area (Å²) in [5.41, 5.74) is -3.68. The van der Waals surface area contributed by atoms with Crippen LogP contribution in [0.1, 0.15) is 68.2 Å². The second-order valence-electron chi connectivity index (χ2n) is 10.4. The Bertz CT molecular complexity index is 670. The lowest BCUT2D eigenvalue weighted by Gasteiger charge is -2.37. The standard InChI is InChI=1S/C19H42O11P2/c1-16(2,13-18(5,6)29-31(21,22)23)27-11-15(10-20)12-28-17(3,4)14-19(7,8)30-32(24,25)26-9/h15,20H,10-14H2,1-9H3,(H,24,25)(H2,21,22,23). The monoisotopic (exact) mass is 508 g/mol. The maximum atomic E-state index is 11.7. The van der Waals surface area contributed by atoms with Crippen LogP contribution in [-0.2, 0) is 32.2 Å². The van der Waals surface area contributed by atoms with Crippen LogP contribution in [0.4, 0.5) is 0 Å². The maximum absolute atomic E-state index is 11.7. The largest absolute Gasteiger partial charge is 0.472 e. The Balaban J connectivity index is 4.84. The molecule has 0 heterocycles. The molecule has 2 unspecified atom stereocenters. The van der Waals surface area contributed by atoms with Crippen LogP contribution in [0.2, 0.25) is 0 Å². The molecule has 0 aliphatic carbocycles. The van der Waals surface area contributed by atoms with Gasteiger partial charge in [-0.3, -0.25) is 13.6 Å². The summed E-state index contributed by atoms with van der Waals surface area (Å²) in [5, 5.41) is 9.72. The van der Waals surface area contributed by atoms with Gasteiger partial charge in [0.25, 0.3) is 0 Å². The molecule has 11 nitrogen and oxygen atoms in total. The summed E-state index contributed by atoms with van der Waals surface area (Å²) in [7, 11) is -7.72. The summed E-state index contributed by atoms with van der Waals surface area (Å²) in [4.78, 5) is 27.7. The summed E-state index contributed by atoms with van der Waals surface area (Å²) in [6, 6.07) is 0. The van der Waals surface area contributed by atoms with Crippen molar-refractivity contribution in [2.24, 2.45) is 5.92 Å². The molecule has 0 aromatic heterocycles. The number of aliphatic hydroxyl groups excluding tert-OH is 1. The predicted octanol–water partition coefficient (Wildman–Crippen LogP) is 3.40. The van der Waals surface area contributed by atoms with Crippen LogP contribution in [-0.4, -0.2) is 69.1 Å². The minimum Gasteiger partial charge on any atom is -0.396 e. The molecule has 0 aliphatic heterocycles. The summed E-state index contributed by atoms with van der Waals surface area (Å²) in [6.07, 6.45) is 0.466. The lowest BCUT2D eigenvalue weighted by molar-refractivity contribution is -0.117. The molecule has 0 saturated carbocycles. The van der Waals surface area contributed by atoms with E-state index in [1.807, 2.05) is 0 Å². The highest BCUT2D eigenvalue weighted by Gasteiger charge is 2.38. The zero-order valence-electron chi connectivity index (χ0n) is 20.7. The van der Waals surface area contributed by atoms with Crippen molar-refractivity contribution in [2.45, 2.75) is 90.6 Å². The number of phosphoric ester groups is 2. The van der Waals surface area contributed by atoms with Gasteiger partial charge in [0.05, 0.1) is 42.2 Å². The number of rotatable bonds is 16. The molecule has 0 rings (SSSR count). The molecular formula is C19H42O11P2. The van der Waals surface area contributed by atoms with E-state index in [0.717, 1.165) is 7.11 Å². The van der Waals surface area contributed by atoms with Crippen LogP contribution in [0, 0.1) is 5.92 Å². The second-order valence-corrected chi connectivity index (χ2v) is 13.0. The van der Waals surface area contributed by atoms with Crippen molar-refractivity contribution in [3.8, 4) is 0 Å². The minimum absolute atomic E-state index is 0.140. The van der Waals surface area contributed by atoms with E-state index in [9.17, 15) is 19.1 Å². The summed E-state index contributed by atoms with van der Waals surface area (Å²) >= 11 is 0. The SMILES string of the molecule is COP(=O)(O)OC(C)(C)CC(C)(C)OCC(CO)COC(C)(C)CC(C)(C)OP(=O)(O)O. The Labute approximate surface area is 191 Å². The molecular weight excluding hydrogens is 466 g/mol. The molecule has 194 valence electrons. The number of phosphoric acid groups is 2. The Kier molecular flexibility index (Phi) is 11.7. The van der Waals surface area contributed by atoms with E-state index >= 15 is 0 Å². The smallest absolute Gasteiger partial charge is 0.396 e. The van der Waals surface area contributed by atoms with Crippen molar-refractivity contribution in [1.82, 2.24) is 0 Å². The molecule has 0 aromatic rings. The first-order chi connectivity index (χ1) is 14.0. The number of aliphatic hydroxyl groups is 1. The lowest BCUT2D eigenvalue weighted by atomic mass is 9.92. The molecule has 0 amide bonds. The number of hydrogen-bond donors (Lipinski definition) is 4. The van der Waals surface area contributed by atoms with Gasteiger partial charge in [-0.2, -0.15) is 0 Å². The van der Waals surface area contributed by atoms with Crippen molar-refractivity contribution in [3.63, 3.8) is 0 Å². The van der Waals surface area contributed by atoms with E-state index in [-0.39, 0.29) is 38.6 Å². The van der Waals surface area contributed by atoms with Gasteiger partial charge in [0.1, 0.15) is 0 Å². The third kappa shape index (κ3) is 15.1. The first kappa shape index (κ1) is 32.1. The van der Waals surface area contributed by atoms with Crippen molar-refractivity contribution in [1.29, 1.82) is 0 Å². The van der Waals surface area contributed by atoms with Gasteiger partial charge in [0.15, 0.2) is 0 Å². The molecule has 0 aliphatic rings. The Hall–Kier alpha value is 0.1000. The van der Waals surface area contributed by atoms with E-state index < -0.39 is 38.0 Å². The molecule has 4 N–H and O–H groups in total. The van der Waals surface area contributed by atoms with Crippen molar-refractivity contribution in [3.05, 3.63) is 0 Å². The molecule has 0 saturated heterocycles. The average molecular weight is 508 g/mol. The molecule has 2 atom stereocenters. The highest BCUT2D eigenvalue weighted by Crippen LogP contribution is 2.48. The summed E-state index contributed by atoms with van der Waals surface area (Å²) in [6.45, 7) is 13.6. The van der Waals surface area contributed by atoms with Gasteiger partial charge < -0.3 is 29.3 Å². The van der Waals surface area contributed by atoms with E-state index in [4.69, 9.17) is 28.3 Å². The Morgan fingerprint density at radius 2 is 1.09 bits per heavy atom. The Morgan fingerprint density at radius 1 is 0.719 bits per heavy atom. The zero-order valence-corrected chi connectivity index (χ0v) is 22.4. The van der Waals surface area contributed by atoms with Crippen LogP contribution in [0.3, 0.4) is 0 Å². The molecule has 0 bridgehead atoms. The van der Waals surface area contributed by atoms with Crippen molar-refractivity contribution < 1.29 is 52.0 Å². The van der Waals surface area contributed by atoms with E-state index in [2.05, 4.69) is 4.52 Å². The zero-order chi connectivity index (χ0) is 25.6. The van der Waals surface area contributed by atoms with Crippen LogP contribution in [0.5, 0.6) is 0 Å². The van der Waals surface area contributed by atoms with Gasteiger partial charge in [-0.15, -0.1) is 0 Å². The lowest BCUT2D eigenvalue weighted by Crippen LogP contribution is -2.40. The summed E-state index contributed by atoms with van der Waals surface area (Å²) in [5.74, 6) is -0.369. The number of hydrogen-bond acceptors (Lipinski definition) is 8. The van der Waals surface area contributed by atoms with Crippen LogP contribution < -0.4 is 0 Å². The minimum atomic E-state index is -4.65. The molecule has 13 heteroatoms. The maximum Gasteiger partial charge on any atom is 0.472 e. The molecule has 0 fully saturated rings. The summed E-state index contributed by atoms with van der Waals surface area (Å²) < 4.78 is 49.2. The fourth-order valence-corrected chi connectivity index (χ4v) is 5.20. The van der Waals surface area contributed by atoms with Crippen LogP contribution >= 0.6 is 15.6 Å². The van der Waals surface area contributed by atoms with Gasteiger partial charge in [0.2, 0.25) is 0 Å². The second kappa shape index (κ2) is 11.7. The molecule has 0 radical (unpaired) electrons. The molecule has 0 aromatic carbocycles. The highest BCUT2D eigenvalue weighted by atomic mass is 31.2. The van der Waals surface area contributed by atoms with Crippen LogP contribution in [0.25, 0.3) is 0 Å². The first-order valence-electron chi connectivity index (χ1n) is 10.3. The van der Waals surface area contributed by atoms with Crippen LogP contribution in [0.15, 0.2) is 0 Å².